The fraction of sp³-hybridized carbons (Fsp3) is 0.556. The van der Waals surface area contributed by atoms with Gasteiger partial charge in [0.2, 0.25) is 0 Å². The minimum Gasteiger partial charge on any atom is -0.391 e. The molecule has 0 spiro atoms. The number of nitrogens with one attached hydrogen (secondary N) is 2. The van der Waals surface area contributed by atoms with Crippen LogP contribution in [0.2, 0.25) is 0 Å². The number of hydrogen-bond acceptors (Lipinski definition) is 5. The summed E-state index contributed by atoms with van der Waals surface area (Å²) in [5.74, 6) is -1.34. The number of hydroxylamine groups is 1. The summed E-state index contributed by atoms with van der Waals surface area (Å²) in [6.07, 6.45) is 2.63. The molecule has 1 aromatic carbocycles. The van der Waals surface area contributed by atoms with Crippen molar-refractivity contribution < 1.29 is 19.9 Å². The zero-order valence-electron chi connectivity index (χ0n) is 13.9. The van der Waals surface area contributed by atoms with Crippen LogP contribution in [0.4, 0.5) is 0 Å². The highest BCUT2D eigenvalue weighted by Crippen LogP contribution is 2.13. The first-order valence-electron chi connectivity index (χ1n) is 8.25. The average Bonchev–Trinajstić information content (AvgIpc) is 2.60. The molecule has 0 aliphatic carbocycles. The van der Waals surface area contributed by atoms with Crippen LogP contribution in [0.1, 0.15) is 49.5 Å². The summed E-state index contributed by atoms with van der Waals surface area (Å²) >= 11 is 0. The molecule has 1 aliphatic rings. The van der Waals surface area contributed by atoms with Gasteiger partial charge in [-0.2, -0.15) is 0 Å². The van der Waals surface area contributed by atoms with Crippen molar-refractivity contribution >= 4 is 11.8 Å². The molecule has 0 radical (unpaired) electrons. The van der Waals surface area contributed by atoms with Gasteiger partial charge in [-0.25, -0.2) is 5.48 Å². The maximum absolute atomic E-state index is 12.2. The Hall–Kier alpha value is -1.96. The molecule has 2 rings (SSSR count). The predicted molar refractivity (Wildman–Crippen MR) is 95.2 cm³/mol. The van der Waals surface area contributed by atoms with E-state index in [1.807, 2.05) is 12.1 Å². The van der Waals surface area contributed by atoms with Gasteiger partial charge in [0.25, 0.3) is 11.8 Å². The number of carbonyl (C=O) groups is 2. The highest BCUT2D eigenvalue weighted by atomic mass is 16.5. The molecule has 2 atom stereocenters. The van der Waals surface area contributed by atoms with Crippen molar-refractivity contribution in [1.82, 2.24) is 15.7 Å². The molecule has 140 valence electrons. The van der Waals surface area contributed by atoms with Gasteiger partial charge in [-0.15, -0.1) is 0 Å². The summed E-state index contributed by atoms with van der Waals surface area (Å²) in [5, 5.41) is 20.6. The van der Waals surface area contributed by atoms with Crippen LogP contribution in [0.15, 0.2) is 24.3 Å². The van der Waals surface area contributed by atoms with E-state index in [1.54, 1.807) is 12.1 Å². The second-order valence-electron chi connectivity index (χ2n) is 6.20. The van der Waals surface area contributed by atoms with Crippen LogP contribution in [0, 0.1) is 0 Å². The molecule has 1 saturated heterocycles. The van der Waals surface area contributed by atoms with E-state index in [0.717, 1.165) is 25.2 Å². The van der Waals surface area contributed by atoms with Crippen LogP contribution in [-0.4, -0.2) is 52.3 Å². The van der Waals surface area contributed by atoms with E-state index < -0.39 is 24.0 Å². The van der Waals surface area contributed by atoms with Crippen molar-refractivity contribution in [1.29, 1.82) is 0 Å². The maximum atomic E-state index is 12.2. The number of piperidine rings is 1. The van der Waals surface area contributed by atoms with Crippen LogP contribution in [-0.2, 0) is 11.3 Å². The van der Waals surface area contributed by atoms with E-state index in [2.05, 4.69) is 10.2 Å². The summed E-state index contributed by atoms with van der Waals surface area (Å²) < 4.78 is 0. The van der Waals surface area contributed by atoms with Crippen molar-refractivity contribution in [2.75, 3.05) is 13.1 Å². The van der Waals surface area contributed by atoms with Crippen LogP contribution in [0.25, 0.3) is 0 Å². The molecule has 1 heterocycles. The summed E-state index contributed by atoms with van der Waals surface area (Å²) in [7, 11) is 0. The van der Waals surface area contributed by atoms with Crippen molar-refractivity contribution in [3.05, 3.63) is 35.4 Å². The van der Waals surface area contributed by atoms with Crippen LogP contribution in [0.3, 0.4) is 0 Å². The molecule has 0 unspecified atom stereocenters. The van der Waals surface area contributed by atoms with Crippen molar-refractivity contribution in [2.24, 2.45) is 0 Å². The van der Waals surface area contributed by atoms with Gasteiger partial charge in [-0.3, -0.25) is 19.7 Å². The highest BCUT2D eigenvalue weighted by Gasteiger charge is 2.25. The van der Waals surface area contributed by atoms with Crippen molar-refractivity contribution in [2.45, 2.75) is 52.3 Å². The van der Waals surface area contributed by atoms with E-state index in [1.165, 1.54) is 31.7 Å². The zero-order valence-corrected chi connectivity index (χ0v) is 13.9. The molecule has 1 aromatic rings. The predicted octanol–water partition coefficient (Wildman–Crippen LogP) is 1.29. The lowest BCUT2D eigenvalue weighted by Crippen LogP contribution is -2.51. The topological polar surface area (TPSA) is 102 Å². The Morgan fingerprint density at radius 1 is 1.16 bits per heavy atom. The lowest BCUT2D eigenvalue weighted by molar-refractivity contribution is -0.133. The van der Waals surface area contributed by atoms with E-state index in [-0.39, 0.29) is 7.43 Å². The lowest BCUT2D eigenvalue weighted by atomic mass is 10.1. The first kappa shape index (κ1) is 21.1. The fourth-order valence-electron chi connectivity index (χ4n) is 2.84. The first-order chi connectivity index (χ1) is 11.5. The number of aliphatic hydroxyl groups excluding tert-OH is 1. The molecular weight excluding hydrogens is 322 g/mol. The zero-order chi connectivity index (χ0) is 17.5. The van der Waals surface area contributed by atoms with Crippen LogP contribution >= 0.6 is 0 Å². The monoisotopic (exact) mass is 351 g/mol. The number of carbonyl (C=O) groups excluding carboxylic acids is 2. The SMILES string of the molecule is C.C[C@@H](O)[C@H](NC(=O)c1ccc(CN2CCCCC2)cc1)C(=O)NO. The second kappa shape index (κ2) is 10.1. The van der Waals surface area contributed by atoms with Gasteiger partial charge in [0.1, 0.15) is 6.04 Å². The molecule has 1 fully saturated rings. The molecule has 7 nitrogen and oxygen atoms in total. The number of benzene rings is 1. The molecule has 0 saturated carbocycles. The lowest BCUT2D eigenvalue weighted by Gasteiger charge is -2.26. The van der Waals surface area contributed by atoms with Crippen molar-refractivity contribution in [3.63, 3.8) is 0 Å². The Morgan fingerprint density at radius 2 is 1.76 bits per heavy atom. The second-order valence-corrected chi connectivity index (χ2v) is 6.20. The smallest absolute Gasteiger partial charge is 0.268 e. The minimum absolute atomic E-state index is 0. The number of hydrogen-bond donors (Lipinski definition) is 4. The number of nitrogens with zero attached hydrogens (tertiary/aromatic N) is 1. The van der Waals surface area contributed by atoms with E-state index in [0.29, 0.717) is 5.56 Å². The number of rotatable bonds is 6. The molecule has 0 aromatic heterocycles. The van der Waals surface area contributed by atoms with E-state index >= 15 is 0 Å². The average molecular weight is 351 g/mol. The number of aliphatic hydroxyl groups is 1. The Kier molecular flexibility index (Phi) is 8.54. The number of amides is 2. The Balaban J connectivity index is 0.00000312. The Morgan fingerprint density at radius 3 is 2.28 bits per heavy atom. The van der Waals surface area contributed by atoms with Gasteiger partial charge in [0, 0.05) is 12.1 Å². The van der Waals surface area contributed by atoms with E-state index in [4.69, 9.17) is 5.21 Å². The highest BCUT2D eigenvalue weighted by molar-refractivity contribution is 5.97. The molecule has 7 heteroatoms. The molecule has 2 amide bonds. The summed E-state index contributed by atoms with van der Waals surface area (Å²) in [6, 6.07) is 5.98. The first-order valence-corrected chi connectivity index (χ1v) is 8.25. The Bertz CT molecular complexity index is 554. The van der Waals surface area contributed by atoms with Gasteiger partial charge in [0.05, 0.1) is 6.10 Å². The van der Waals surface area contributed by atoms with E-state index in [9.17, 15) is 14.7 Å². The van der Waals surface area contributed by atoms with Crippen LogP contribution < -0.4 is 10.8 Å². The van der Waals surface area contributed by atoms with Gasteiger partial charge in [-0.05, 0) is 50.6 Å². The third-order valence-corrected chi connectivity index (χ3v) is 4.23. The third kappa shape index (κ3) is 6.12. The minimum atomic E-state index is -1.21. The Labute approximate surface area is 149 Å². The standard InChI is InChI=1S/C17H25N3O4.CH4/c1-12(21)15(17(23)19-24)18-16(22)14-7-5-13(6-8-14)11-20-9-3-2-4-10-20;/h5-8,12,15,21,24H,2-4,9-11H2,1H3,(H,18,22)(H,19,23);1H4/t12-,15+;/m1./s1. The largest absolute Gasteiger partial charge is 0.391 e. The van der Waals surface area contributed by atoms with Crippen molar-refractivity contribution in [3.8, 4) is 0 Å². The molecule has 0 bridgehead atoms. The molecule has 1 aliphatic heterocycles. The number of likely N-dealkylation sites (tertiary alicyclic amines) is 1. The third-order valence-electron chi connectivity index (χ3n) is 4.23. The van der Waals surface area contributed by atoms with Gasteiger partial charge < -0.3 is 10.4 Å². The summed E-state index contributed by atoms with van der Waals surface area (Å²) in [5.41, 5.74) is 2.97. The molecular formula is C18H29N3O4. The summed E-state index contributed by atoms with van der Waals surface area (Å²) in [4.78, 5) is 26.0. The fourth-order valence-corrected chi connectivity index (χ4v) is 2.84. The van der Waals surface area contributed by atoms with Gasteiger partial charge in [0.15, 0.2) is 0 Å². The molecule has 25 heavy (non-hydrogen) atoms. The maximum Gasteiger partial charge on any atom is 0.268 e. The summed E-state index contributed by atoms with van der Waals surface area (Å²) in [6.45, 7) is 4.44. The normalized spacial score (nSPS) is 17.1. The van der Waals surface area contributed by atoms with Crippen LogP contribution in [0.5, 0.6) is 0 Å². The van der Waals surface area contributed by atoms with Gasteiger partial charge in [-0.1, -0.05) is 26.0 Å². The quantitative estimate of drug-likeness (QED) is 0.457. The van der Waals surface area contributed by atoms with Gasteiger partial charge >= 0.3 is 0 Å². The molecule has 4 N–H and O–H groups in total.